The van der Waals surface area contributed by atoms with Crippen molar-refractivity contribution in [1.29, 1.82) is 0 Å². The second kappa shape index (κ2) is 7.78. The van der Waals surface area contributed by atoms with Gasteiger partial charge in [0.2, 0.25) is 0 Å². The van der Waals surface area contributed by atoms with Gasteiger partial charge in [0.05, 0.1) is 13.7 Å². The largest absolute Gasteiger partial charge is 0.496 e. The quantitative estimate of drug-likeness (QED) is 0.750. The molecule has 1 heterocycles. The highest BCUT2D eigenvalue weighted by Crippen LogP contribution is 2.35. The molecule has 2 aromatic carbocycles. The van der Waals surface area contributed by atoms with Gasteiger partial charge in [-0.2, -0.15) is 0 Å². The molecule has 0 radical (unpaired) electrons. The Labute approximate surface area is 158 Å². The van der Waals surface area contributed by atoms with Crippen LogP contribution in [-0.4, -0.2) is 23.9 Å². The molecule has 3 rings (SSSR count). The van der Waals surface area contributed by atoms with Gasteiger partial charge in [-0.1, -0.05) is 50.1 Å². The van der Waals surface area contributed by atoms with Gasteiger partial charge in [-0.05, 0) is 30.2 Å². The Hall–Kier alpha value is -2.89. The van der Waals surface area contributed by atoms with Gasteiger partial charge >= 0.3 is 6.03 Å². The molecule has 1 saturated heterocycles. The van der Waals surface area contributed by atoms with Crippen LogP contribution in [0.25, 0.3) is 0 Å². The Balaban J connectivity index is 1.96. The minimum atomic E-state index is -1.09. The highest BCUT2D eigenvalue weighted by atomic mass is 19.1. The Morgan fingerprint density at radius 3 is 2.56 bits per heavy atom. The summed E-state index contributed by atoms with van der Waals surface area (Å²) in [6.45, 7) is 1.99. The first-order valence-corrected chi connectivity index (χ1v) is 9.04. The molecule has 2 aromatic rings. The number of benzene rings is 2. The van der Waals surface area contributed by atoms with E-state index in [1.54, 1.807) is 0 Å². The molecule has 0 aliphatic carbocycles. The van der Waals surface area contributed by atoms with Gasteiger partial charge in [0.1, 0.15) is 17.1 Å². The van der Waals surface area contributed by atoms with Crippen LogP contribution in [0.4, 0.5) is 9.18 Å². The van der Waals surface area contributed by atoms with Crippen LogP contribution in [0.1, 0.15) is 37.3 Å². The third kappa shape index (κ3) is 3.52. The molecule has 3 amide bonds. The van der Waals surface area contributed by atoms with Crippen LogP contribution in [0.15, 0.2) is 48.5 Å². The lowest BCUT2D eigenvalue weighted by Gasteiger charge is -2.27. The highest BCUT2D eigenvalue weighted by Gasteiger charge is 2.51. The number of rotatable bonds is 7. The first kappa shape index (κ1) is 18.9. The molecule has 0 spiro atoms. The average molecular weight is 370 g/mol. The maximum Gasteiger partial charge on any atom is 0.325 e. The van der Waals surface area contributed by atoms with E-state index in [4.69, 9.17) is 4.74 Å². The molecule has 6 heteroatoms. The van der Waals surface area contributed by atoms with Crippen molar-refractivity contribution in [3.63, 3.8) is 0 Å². The summed E-state index contributed by atoms with van der Waals surface area (Å²) in [5, 5.41) is 2.89. The molecule has 1 aliphatic heterocycles. The maximum absolute atomic E-state index is 13.7. The first-order valence-electron chi connectivity index (χ1n) is 9.04. The van der Waals surface area contributed by atoms with E-state index in [-0.39, 0.29) is 12.5 Å². The molecule has 0 aromatic heterocycles. The van der Waals surface area contributed by atoms with Gasteiger partial charge in [-0.3, -0.25) is 9.69 Å². The van der Waals surface area contributed by atoms with Crippen LogP contribution in [0.2, 0.25) is 0 Å². The monoisotopic (exact) mass is 370 g/mol. The van der Waals surface area contributed by atoms with Crippen molar-refractivity contribution in [2.75, 3.05) is 7.11 Å². The smallest absolute Gasteiger partial charge is 0.325 e. The van der Waals surface area contributed by atoms with Crippen molar-refractivity contribution in [2.24, 2.45) is 0 Å². The van der Waals surface area contributed by atoms with Crippen molar-refractivity contribution in [3.8, 4) is 5.75 Å². The topological polar surface area (TPSA) is 58.6 Å². The molecule has 1 unspecified atom stereocenters. The van der Waals surface area contributed by atoms with Crippen molar-refractivity contribution < 1.29 is 18.7 Å². The van der Waals surface area contributed by atoms with E-state index in [1.807, 2.05) is 37.3 Å². The Morgan fingerprint density at radius 2 is 1.89 bits per heavy atom. The minimum absolute atomic E-state index is 0.0493. The number of ether oxygens (including phenoxy) is 1. The number of amides is 3. The number of urea groups is 1. The van der Waals surface area contributed by atoms with Crippen LogP contribution in [-0.2, 0) is 16.9 Å². The summed E-state index contributed by atoms with van der Waals surface area (Å²) in [7, 11) is 1.47. The number of nitrogens with zero attached hydrogens (tertiary/aromatic N) is 1. The zero-order valence-electron chi connectivity index (χ0n) is 15.5. The predicted molar refractivity (Wildman–Crippen MR) is 99.7 cm³/mol. The zero-order chi connectivity index (χ0) is 19.4. The number of carbonyl (C=O) groups excluding carboxylic acids is 2. The Kier molecular flexibility index (Phi) is 5.44. The van der Waals surface area contributed by atoms with Gasteiger partial charge in [0, 0.05) is 5.56 Å². The van der Waals surface area contributed by atoms with Crippen molar-refractivity contribution >= 4 is 11.9 Å². The summed E-state index contributed by atoms with van der Waals surface area (Å²) in [6.07, 6.45) is 2.20. The molecule has 0 bridgehead atoms. The Morgan fingerprint density at radius 1 is 1.15 bits per heavy atom. The van der Waals surface area contributed by atoms with E-state index in [2.05, 4.69) is 5.32 Å². The summed E-state index contributed by atoms with van der Waals surface area (Å²) >= 11 is 0. The van der Waals surface area contributed by atoms with Crippen LogP contribution < -0.4 is 10.1 Å². The molecule has 1 aliphatic rings. The van der Waals surface area contributed by atoms with Gasteiger partial charge in [-0.15, -0.1) is 0 Å². The van der Waals surface area contributed by atoms with Crippen molar-refractivity contribution in [3.05, 3.63) is 65.5 Å². The van der Waals surface area contributed by atoms with Crippen molar-refractivity contribution in [1.82, 2.24) is 10.2 Å². The molecule has 0 saturated carbocycles. The standard InChI is InChI=1S/C21H23FN2O3/c1-3-4-12-21(16-8-6-5-7-9-16)19(25)24(20(26)23-21)14-15-13-17(22)10-11-18(15)27-2/h5-11,13H,3-4,12,14H2,1-2H3,(H,23,26). The molecule has 142 valence electrons. The molecule has 5 nitrogen and oxygen atoms in total. The van der Waals surface area contributed by atoms with Crippen LogP contribution in [0, 0.1) is 5.82 Å². The zero-order valence-corrected chi connectivity index (χ0v) is 15.5. The number of hydrogen-bond donors (Lipinski definition) is 1. The fourth-order valence-corrected chi connectivity index (χ4v) is 3.48. The molecule has 1 fully saturated rings. The summed E-state index contributed by atoms with van der Waals surface area (Å²) in [5.41, 5.74) is 0.111. The maximum atomic E-state index is 13.7. The average Bonchev–Trinajstić information content (AvgIpc) is 2.92. The number of halogens is 1. The SMILES string of the molecule is CCCCC1(c2ccccc2)NC(=O)N(Cc2cc(F)ccc2OC)C1=O. The molecular weight excluding hydrogens is 347 g/mol. The van der Waals surface area contributed by atoms with E-state index >= 15 is 0 Å². The van der Waals surface area contributed by atoms with Crippen LogP contribution >= 0.6 is 0 Å². The van der Waals surface area contributed by atoms with E-state index in [0.717, 1.165) is 23.3 Å². The van der Waals surface area contributed by atoms with Crippen LogP contribution in [0.5, 0.6) is 5.75 Å². The van der Waals surface area contributed by atoms with E-state index in [9.17, 15) is 14.0 Å². The van der Waals surface area contributed by atoms with E-state index < -0.39 is 17.4 Å². The lowest BCUT2D eigenvalue weighted by atomic mass is 9.85. The Bertz CT molecular complexity index is 841. The first-order chi connectivity index (χ1) is 13.0. The molecule has 1 N–H and O–H groups in total. The van der Waals surface area contributed by atoms with Gasteiger partial charge in [-0.25, -0.2) is 9.18 Å². The normalized spacial score (nSPS) is 19.3. The van der Waals surface area contributed by atoms with E-state index in [0.29, 0.717) is 17.7 Å². The second-order valence-electron chi connectivity index (χ2n) is 6.65. The van der Waals surface area contributed by atoms with E-state index in [1.165, 1.54) is 25.3 Å². The molecular formula is C21H23FN2O3. The fraction of sp³-hybridized carbons (Fsp3) is 0.333. The number of unbranched alkanes of at least 4 members (excludes halogenated alkanes) is 1. The molecule has 1 atom stereocenters. The summed E-state index contributed by atoms with van der Waals surface area (Å²) in [4.78, 5) is 27.2. The number of carbonyl (C=O) groups is 2. The van der Waals surface area contributed by atoms with Gasteiger partial charge in [0.25, 0.3) is 5.91 Å². The summed E-state index contributed by atoms with van der Waals surface area (Å²) < 4.78 is 18.9. The minimum Gasteiger partial charge on any atom is -0.496 e. The van der Waals surface area contributed by atoms with Crippen molar-refractivity contribution in [2.45, 2.75) is 38.3 Å². The van der Waals surface area contributed by atoms with Crippen LogP contribution in [0.3, 0.4) is 0 Å². The third-order valence-electron chi connectivity index (χ3n) is 4.92. The van der Waals surface area contributed by atoms with Gasteiger partial charge in [0.15, 0.2) is 0 Å². The predicted octanol–water partition coefficient (Wildman–Crippen LogP) is 3.97. The fourth-order valence-electron chi connectivity index (χ4n) is 3.48. The number of imide groups is 1. The molecule has 27 heavy (non-hydrogen) atoms. The van der Waals surface area contributed by atoms with Gasteiger partial charge < -0.3 is 10.1 Å². The summed E-state index contributed by atoms with van der Waals surface area (Å²) in [6, 6.07) is 12.8. The number of methoxy groups -OCH3 is 1. The second-order valence-corrected chi connectivity index (χ2v) is 6.65. The lowest BCUT2D eigenvalue weighted by molar-refractivity contribution is -0.132. The highest BCUT2D eigenvalue weighted by molar-refractivity contribution is 6.07. The number of hydrogen-bond acceptors (Lipinski definition) is 3. The third-order valence-corrected chi connectivity index (χ3v) is 4.92. The number of nitrogens with one attached hydrogen (secondary N) is 1. The lowest BCUT2D eigenvalue weighted by Crippen LogP contribution is -2.44. The summed E-state index contributed by atoms with van der Waals surface area (Å²) in [5.74, 6) is -0.334.